The largest absolute Gasteiger partial charge is 0.224 e. The van der Waals surface area contributed by atoms with Crippen LogP contribution in [0, 0.1) is 5.41 Å². The minimum atomic E-state index is -3.23. The molecule has 0 aromatic heterocycles. The third-order valence-corrected chi connectivity index (χ3v) is 7.75. The number of hydrogen-bond donors (Lipinski definition) is 0. The van der Waals surface area contributed by atoms with E-state index < -0.39 is 9.84 Å². The quantitative estimate of drug-likeness (QED) is 0.506. The summed E-state index contributed by atoms with van der Waals surface area (Å²) in [5.74, 6) is 0.252. The van der Waals surface area contributed by atoms with Gasteiger partial charge in [-0.05, 0) is 36.5 Å². The summed E-state index contributed by atoms with van der Waals surface area (Å²) in [6.45, 7) is 0. The van der Waals surface area contributed by atoms with Crippen molar-refractivity contribution in [3.8, 4) is 0 Å². The smallest absolute Gasteiger partial charge is 0.178 e. The fraction of sp³-hybridized carbons (Fsp3) is 0.600. The van der Waals surface area contributed by atoms with Crippen LogP contribution in [0.1, 0.15) is 38.5 Å². The van der Waals surface area contributed by atoms with Crippen LogP contribution in [-0.2, 0) is 9.84 Å². The third kappa shape index (κ3) is 4.08. The zero-order chi connectivity index (χ0) is 14.6. The van der Waals surface area contributed by atoms with Gasteiger partial charge in [-0.1, -0.05) is 63.6 Å². The Morgan fingerprint density at radius 3 is 2.30 bits per heavy atom. The van der Waals surface area contributed by atoms with Gasteiger partial charge in [0, 0.05) is 9.80 Å². The molecule has 0 amide bonds. The van der Waals surface area contributed by atoms with Gasteiger partial charge in [0.1, 0.15) is 0 Å². The molecule has 0 atom stereocenters. The Morgan fingerprint density at radius 1 is 1.10 bits per heavy atom. The number of rotatable bonds is 4. The zero-order valence-corrected chi connectivity index (χ0v) is 15.4. The van der Waals surface area contributed by atoms with Gasteiger partial charge in [0.2, 0.25) is 0 Å². The van der Waals surface area contributed by atoms with E-state index in [9.17, 15) is 8.42 Å². The molecular weight excluding hydrogens is 404 g/mol. The van der Waals surface area contributed by atoms with Crippen LogP contribution >= 0.6 is 31.9 Å². The van der Waals surface area contributed by atoms with Crippen LogP contribution in [-0.4, -0.2) is 19.5 Å². The maximum Gasteiger partial charge on any atom is 0.178 e. The van der Waals surface area contributed by atoms with Crippen LogP contribution < -0.4 is 0 Å². The third-order valence-electron chi connectivity index (χ3n) is 4.10. The second-order valence-electron chi connectivity index (χ2n) is 5.76. The van der Waals surface area contributed by atoms with Gasteiger partial charge in [0.05, 0.1) is 10.6 Å². The Hall–Kier alpha value is 0.130. The minimum absolute atomic E-state index is 0.0996. The van der Waals surface area contributed by atoms with Gasteiger partial charge >= 0.3 is 0 Å². The fourth-order valence-electron chi connectivity index (χ4n) is 2.94. The van der Waals surface area contributed by atoms with Crippen LogP contribution in [0.5, 0.6) is 0 Å². The van der Waals surface area contributed by atoms with E-state index in [1.165, 1.54) is 12.8 Å². The van der Waals surface area contributed by atoms with Crippen molar-refractivity contribution in [1.29, 1.82) is 0 Å². The maximum atomic E-state index is 12.7. The van der Waals surface area contributed by atoms with Gasteiger partial charge in [-0.2, -0.15) is 0 Å². The molecule has 0 unspecified atom stereocenters. The highest BCUT2D eigenvalue weighted by molar-refractivity contribution is 9.10. The van der Waals surface area contributed by atoms with E-state index in [2.05, 4.69) is 31.9 Å². The van der Waals surface area contributed by atoms with Crippen molar-refractivity contribution in [2.45, 2.75) is 43.4 Å². The summed E-state index contributed by atoms with van der Waals surface area (Å²) in [4.78, 5) is 0.427. The molecule has 0 bridgehead atoms. The van der Waals surface area contributed by atoms with E-state index in [-0.39, 0.29) is 11.2 Å². The highest BCUT2D eigenvalue weighted by atomic mass is 79.9. The van der Waals surface area contributed by atoms with Crippen LogP contribution in [0.3, 0.4) is 0 Å². The molecule has 0 aliphatic heterocycles. The lowest BCUT2D eigenvalue weighted by molar-refractivity contribution is 0.327. The van der Waals surface area contributed by atoms with E-state index in [0.717, 1.165) is 35.5 Å². The van der Waals surface area contributed by atoms with Crippen molar-refractivity contribution in [2.24, 2.45) is 5.41 Å². The lowest BCUT2D eigenvalue weighted by atomic mass is 9.85. The molecule has 20 heavy (non-hydrogen) atoms. The zero-order valence-electron chi connectivity index (χ0n) is 11.4. The Bertz CT molecular complexity index is 547. The molecule has 2 rings (SSSR count). The maximum absolute atomic E-state index is 12.7. The molecule has 0 heterocycles. The van der Waals surface area contributed by atoms with Gasteiger partial charge in [-0.25, -0.2) is 8.42 Å². The molecule has 112 valence electrons. The number of hydrogen-bond acceptors (Lipinski definition) is 2. The summed E-state index contributed by atoms with van der Waals surface area (Å²) in [5, 5.41) is 0.771. The van der Waals surface area contributed by atoms with Gasteiger partial charge in [0.15, 0.2) is 9.84 Å². The summed E-state index contributed by atoms with van der Waals surface area (Å²) in [7, 11) is -3.23. The average Bonchev–Trinajstić information content (AvgIpc) is 2.64. The van der Waals surface area contributed by atoms with Crippen molar-refractivity contribution in [1.82, 2.24) is 0 Å². The monoisotopic (exact) mass is 422 g/mol. The number of halogens is 2. The summed E-state index contributed by atoms with van der Waals surface area (Å²) in [5.41, 5.74) is -0.0996. The van der Waals surface area contributed by atoms with Crippen LogP contribution in [0.15, 0.2) is 33.6 Å². The first-order valence-electron chi connectivity index (χ1n) is 7.02. The molecule has 1 fully saturated rings. The molecule has 0 N–H and O–H groups in total. The molecule has 1 aliphatic carbocycles. The summed E-state index contributed by atoms with van der Waals surface area (Å²) >= 11 is 6.92. The van der Waals surface area contributed by atoms with Crippen molar-refractivity contribution in [3.63, 3.8) is 0 Å². The topological polar surface area (TPSA) is 34.1 Å². The van der Waals surface area contributed by atoms with Crippen molar-refractivity contribution in [3.05, 3.63) is 28.7 Å². The molecule has 1 saturated carbocycles. The molecule has 2 nitrogen and oxygen atoms in total. The fourth-order valence-corrected chi connectivity index (χ4v) is 6.47. The average molecular weight is 424 g/mol. The van der Waals surface area contributed by atoms with Crippen molar-refractivity contribution < 1.29 is 8.42 Å². The molecule has 0 saturated heterocycles. The Balaban J connectivity index is 2.25. The first-order chi connectivity index (χ1) is 9.47. The van der Waals surface area contributed by atoms with Gasteiger partial charge in [0.25, 0.3) is 0 Å². The van der Waals surface area contributed by atoms with Gasteiger partial charge in [-0.15, -0.1) is 0 Å². The summed E-state index contributed by atoms with van der Waals surface area (Å²) < 4.78 is 26.2. The van der Waals surface area contributed by atoms with Gasteiger partial charge < -0.3 is 0 Å². The normalized spacial score (nSPS) is 19.5. The Kier molecular flexibility index (Phi) is 5.71. The Labute approximate surface area is 138 Å². The first kappa shape index (κ1) is 16.5. The second kappa shape index (κ2) is 6.93. The molecule has 0 radical (unpaired) electrons. The van der Waals surface area contributed by atoms with Crippen LogP contribution in [0.4, 0.5) is 0 Å². The summed E-state index contributed by atoms with van der Waals surface area (Å²) in [6, 6.07) is 7.03. The number of benzene rings is 1. The van der Waals surface area contributed by atoms with Gasteiger partial charge in [-0.3, -0.25) is 0 Å². The standard InChI is InChI=1S/C15H20Br2O2S/c16-11-15(8-3-1-2-4-9-15)12-20(18,19)14-7-5-6-13(17)10-14/h5-7,10H,1-4,8-9,11-12H2. The van der Waals surface area contributed by atoms with Crippen molar-refractivity contribution >= 4 is 41.7 Å². The number of sulfone groups is 1. The number of alkyl halides is 1. The molecule has 1 aliphatic rings. The van der Waals surface area contributed by atoms with E-state index in [1.54, 1.807) is 18.2 Å². The Morgan fingerprint density at radius 2 is 1.75 bits per heavy atom. The molecule has 1 aromatic carbocycles. The second-order valence-corrected chi connectivity index (χ2v) is 9.23. The molecule has 0 spiro atoms. The molecule has 5 heteroatoms. The molecular formula is C15H20Br2O2S. The lowest BCUT2D eigenvalue weighted by Gasteiger charge is -2.30. The summed E-state index contributed by atoms with van der Waals surface area (Å²) in [6.07, 6.45) is 6.74. The highest BCUT2D eigenvalue weighted by Crippen LogP contribution is 2.39. The predicted octanol–water partition coefficient (Wildman–Crippen LogP) is 4.96. The molecule has 1 aromatic rings. The lowest BCUT2D eigenvalue weighted by Crippen LogP contribution is -2.31. The SMILES string of the molecule is O=S(=O)(CC1(CBr)CCCCCC1)c1cccc(Br)c1. The van der Waals surface area contributed by atoms with E-state index in [1.807, 2.05) is 6.07 Å². The minimum Gasteiger partial charge on any atom is -0.224 e. The van der Waals surface area contributed by atoms with E-state index in [4.69, 9.17) is 0 Å². The van der Waals surface area contributed by atoms with E-state index in [0.29, 0.717) is 4.90 Å². The van der Waals surface area contributed by atoms with E-state index >= 15 is 0 Å². The van der Waals surface area contributed by atoms with Crippen LogP contribution in [0.25, 0.3) is 0 Å². The predicted molar refractivity (Wildman–Crippen MR) is 90.1 cm³/mol. The highest BCUT2D eigenvalue weighted by Gasteiger charge is 2.35. The van der Waals surface area contributed by atoms with Crippen LogP contribution in [0.2, 0.25) is 0 Å². The van der Waals surface area contributed by atoms with Crippen molar-refractivity contribution in [2.75, 3.05) is 11.1 Å². The first-order valence-corrected chi connectivity index (χ1v) is 10.6.